The van der Waals surface area contributed by atoms with Crippen molar-refractivity contribution < 1.29 is 0 Å². The summed E-state index contributed by atoms with van der Waals surface area (Å²) in [5.41, 5.74) is 12.5. The van der Waals surface area contributed by atoms with Gasteiger partial charge >= 0.3 is 0 Å². The van der Waals surface area contributed by atoms with E-state index in [1.54, 1.807) is 6.20 Å². The Balaban J connectivity index is 0.936. The van der Waals surface area contributed by atoms with Gasteiger partial charge in [-0.15, -0.1) is 15.3 Å². The summed E-state index contributed by atoms with van der Waals surface area (Å²) in [4.78, 5) is 16.7. The third kappa shape index (κ3) is 6.35. The molecule has 44 heavy (non-hydrogen) atoms. The number of hydrogen-bond acceptors (Lipinski definition) is 10. The van der Waals surface area contributed by atoms with Crippen LogP contribution in [0.2, 0.25) is 0 Å². The largest absolute Gasteiger partial charge is 0.368 e. The van der Waals surface area contributed by atoms with Gasteiger partial charge in [0.15, 0.2) is 5.82 Å². The highest BCUT2D eigenvalue weighted by molar-refractivity contribution is 5.68. The first-order valence-corrected chi connectivity index (χ1v) is 15.8. The molecule has 7 rings (SSSR count). The standard InChI is InChI=1S/C33H41N11/c1-41-18-20-43(21-19-41)28-13-16-42(17-14-28)15-5-9-26-11-12-27(23-35-26)36-33-37-32(34)44(40-33)30-22-25-8-4-7-24-6-2-3-10-29(24)31(25)39-38-30/h2-3,5-6,9-12,22-23,28H,4,7-8,13-21H2,1H3,(H3,34,36,37,40)/b9-5+. The predicted molar refractivity (Wildman–Crippen MR) is 174 cm³/mol. The van der Waals surface area contributed by atoms with Crippen LogP contribution in [0.4, 0.5) is 17.6 Å². The monoisotopic (exact) mass is 591 g/mol. The minimum absolute atomic E-state index is 0.246. The van der Waals surface area contributed by atoms with Crippen molar-refractivity contribution in [1.82, 2.24) is 44.6 Å². The number of fused-ring (bicyclic) bond motifs is 3. The second kappa shape index (κ2) is 12.8. The van der Waals surface area contributed by atoms with Crippen LogP contribution in [0.3, 0.4) is 0 Å². The van der Waals surface area contributed by atoms with E-state index in [0.717, 1.165) is 73.1 Å². The van der Waals surface area contributed by atoms with E-state index >= 15 is 0 Å². The number of nitrogens with one attached hydrogen (secondary N) is 1. The minimum Gasteiger partial charge on any atom is -0.368 e. The first-order valence-electron chi connectivity index (χ1n) is 15.8. The number of rotatable bonds is 7. The fourth-order valence-corrected chi connectivity index (χ4v) is 6.61. The summed E-state index contributed by atoms with van der Waals surface area (Å²) in [5.74, 6) is 1.19. The van der Waals surface area contributed by atoms with Gasteiger partial charge in [0, 0.05) is 44.3 Å². The fraction of sp³-hybridized carbons (Fsp3) is 0.424. The SMILES string of the molecule is CN1CCN(C2CCN(C/C=C/c3ccc(Nc4nc(N)n(-c5cc6c(nn5)-c5ccccc5CCC6)n4)cn3)CC2)CC1. The zero-order valence-electron chi connectivity index (χ0n) is 25.4. The molecule has 0 bridgehead atoms. The van der Waals surface area contributed by atoms with Crippen molar-refractivity contribution in [2.45, 2.75) is 38.1 Å². The van der Waals surface area contributed by atoms with E-state index < -0.39 is 0 Å². The molecule has 0 radical (unpaired) electrons. The lowest BCUT2D eigenvalue weighted by Gasteiger charge is -2.41. The van der Waals surface area contributed by atoms with Crippen LogP contribution < -0.4 is 11.1 Å². The van der Waals surface area contributed by atoms with E-state index in [2.05, 4.69) is 82.7 Å². The van der Waals surface area contributed by atoms with Crippen molar-refractivity contribution in [2.24, 2.45) is 0 Å². The lowest BCUT2D eigenvalue weighted by Crippen LogP contribution is -2.52. The Labute approximate surface area is 258 Å². The maximum atomic E-state index is 6.25. The van der Waals surface area contributed by atoms with Gasteiger partial charge in [0.25, 0.3) is 0 Å². The highest BCUT2D eigenvalue weighted by Gasteiger charge is 2.26. The van der Waals surface area contributed by atoms with E-state index in [-0.39, 0.29) is 5.95 Å². The number of aromatic nitrogens is 6. The molecule has 1 aliphatic carbocycles. The molecule has 2 fully saturated rings. The fourth-order valence-electron chi connectivity index (χ4n) is 6.61. The second-order valence-electron chi connectivity index (χ2n) is 12.2. The molecule has 3 N–H and O–H groups in total. The van der Waals surface area contributed by atoms with Gasteiger partial charge in [-0.1, -0.05) is 30.3 Å². The Morgan fingerprint density at radius 2 is 1.77 bits per heavy atom. The van der Waals surface area contributed by atoms with Crippen molar-refractivity contribution in [3.8, 4) is 17.1 Å². The topological polar surface area (TPSA) is 117 Å². The van der Waals surface area contributed by atoms with E-state index in [1.807, 2.05) is 24.3 Å². The van der Waals surface area contributed by atoms with Crippen LogP contribution in [0.15, 0.2) is 54.7 Å². The van der Waals surface area contributed by atoms with Gasteiger partial charge in [0.2, 0.25) is 11.9 Å². The van der Waals surface area contributed by atoms with Crippen molar-refractivity contribution in [3.63, 3.8) is 0 Å². The maximum Gasteiger partial charge on any atom is 0.248 e. The van der Waals surface area contributed by atoms with Crippen molar-refractivity contribution in [1.29, 1.82) is 0 Å². The molecule has 11 heteroatoms. The number of benzene rings is 1. The number of aryl methyl sites for hydroxylation is 2. The molecule has 2 saturated heterocycles. The van der Waals surface area contributed by atoms with Crippen molar-refractivity contribution in [2.75, 3.05) is 63.9 Å². The number of pyridine rings is 1. The third-order valence-corrected chi connectivity index (χ3v) is 9.18. The van der Waals surface area contributed by atoms with Gasteiger partial charge in [0.05, 0.1) is 23.3 Å². The Morgan fingerprint density at radius 1 is 0.955 bits per heavy atom. The molecule has 0 atom stereocenters. The number of nitrogen functional groups attached to an aromatic ring is 1. The van der Waals surface area contributed by atoms with Crippen LogP contribution in [0.1, 0.15) is 36.1 Å². The highest BCUT2D eigenvalue weighted by atomic mass is 15.4. The first-order chi connectivity index (χ1) is 21.6. The van der Waals surface area contributed by atoms with E-state index in [9.17, 15) is 0 Å². The molecule has 0 unspecified atom stereocenters. The Morgan fingerprint density at radius 3 is 2.59 bits per heavy atom. The van der Waals surface area contributed by atoms with E-state index in [4.69, 9.17) is 5.73 Å². The normalized spacial score (nSPS) is 18.7. The Bertz CT molecular complexity index is 1600. The number of likely N-dealkylation sites (N-methyl/N-ethyl adjacent to an activating group) is 1. The number of likely N-dealkylation sites (tertiary alicyclic amines) is 1. The summed E-state index contributed by atoms with van der Waals surface area (Å²) in [5, 5.41) is 16.8. The predicted octanol–water partition coefficient (Wildman–Crippen LogP) is 3.66. The molecule has 0 saturated carbocycles. The number of piperidine rings is 1. The number of piperazine rings is 1. The van der Waals surface area contributed by atoms with Crippen LogP contribution in [0.25, 0.3) is 23.2 Å². The van der Waals surface area contributed by atoms with Crippen molar-refractivity contribution >= 4 is 23.7 Å². The molecular formula is C33H41N11. The smallest absolute Gasteiger partial charge is 0.248 e. The molecule has 0 spiro atoms. The van der Waals surface area contributed by atoms with Gasteiger partial charge in [-0.25, -0.2) is 0 Å². The number of nitrogens with zero attached hydrogens (tertiary/aromatic N) is 9. The molecule has 228 valence electrons. The molecule has 5 heterocycles. The highest BCUT2D eigenvalue weighted by Crippen LogP contribution is 2.31. The van der Waals surface area contributed by atoms with Crippen LogP contribution in [0.5, 0.6) is 0 Å². The van der Waals surface area contributed by atoms with E-state index in [1.165, 1.54) is 49.3 Å². The first kappa shape index (κ1) is 28.6. The summed E-state index contributed by atoms with van der Waals surface area (Å²) in [6.07, 6.45) is 11.6. The van der Waals surface area contributed by atoms with Crippen LogP contribution in [0, 0.1) is 0 Å². The second-order valence-corrected chi connectivity index (χ2v) is 12.2. The number of nitrogens with two attached hydrogens (primary N) is 1. The van der Waals surface area contributed by atoms with Crippen molar-refractivity contribution in [3.05, 3.63) is 71.6 Å². The molecular weight excluding hydrogens is 550 g/mol. The average molecular weight is 592 g/mol. The summed E-state index contributed by atoms with van der Waals surface area (Å²) in [6, 6.07) is 15.2. The zero-order valence-corrected chi connectivity index (χ0v) is 25.4. The number of hydrogen-bond donors (Lipinski definition) is 2. The third-order valence-electron chi connectivity index (χ3n) is 9.18. The minimum atomic E-state index is 0.246. The maximum absolute atomic E-state index is 6.25. The van der Waals surface area contributed by atoms with Crippen LogP contribution in [-0.2, 0) is 12.8 Å². The van der Waals surface area contributed by atoms with Crippen LogP contribution >= 0.6 is 0 Å². The Hall–Kier alpha value is -4.19. The lowest BCUT2D eigenvalue weighted by molar-refractivity contribution is 0.0709. The summed E-state index contributed by atoms with van der Waals surface area (Å²) >= 11 is 0. The van der Waals surface area contributed by atoms with Gasteiger partial charge in [-0.2, -0.15) is 9.67 Å². The Kier molecular flexibility index (Phi) is 8.32. The molecule has 11 nitrogen and oxygen atoms in total. The van der Waals surface area contributed by atoms with Gasteiger partial charge in [0.1, 0.15) is 0 Å². The molecule has 2 aliphatic heterocycles. The quantitative estimate of drug-likeness (QED) is 0.330. The van der Waals surface area contributed by atoms with Gasteiger partial charge < -0.3 is 16.0 Å². The summed E-state index contributed by atoms with van der Waals surface area (Å²) < 4.78 is 1.53. The van der Waals surface area contributed by atoms with Gasteiger partial charge in [-0.3, -0.25) is 14.8 Å². The molecule has 1 aromatic carbocycles. The number of anilines is 3. The molecule has 0 amide bonds. The molecule has 3 aromatic heterocycles. The van der Waals surface area contributed by atoms with Gasteiger partial charge in [-0.05, 0) is 87.6 Å². The van der Waals surface area contributed by atoms with E-state index in [0.29, 0.717) is 11.8 Å². The average Bonchev–Trinajstić information content (AvgIpc) is 3.31. The molecule has 3 aliphatic rings. The summed E-state index contributed by atoms with van der Waals surface area (Å²) in [6.45, 7) is 8.08. The lowest BCUT2D eigenvalue weighted by atomic mass is 10.0. The zero-order chi connectivity index (χ0) is 29.9. The summed E-state index contributed by atoms with van der Waals surface area (Å²) in [7, 11) is 2.22. The molecule has 4 aromatic rings. The van der Waals surface area contributed by atoms with Crippen LogP contribution in [-0.4, -0.2) is 104 Å².